The fourth-order valence-electron chi connectivity index (χ4n) is 3.89. The van der Waals surface area contributed by atoms with Gasteiger partial charge in [-0.25, -0.2) is 27.5 Å². The van der Waals surface area contributed by atoms with Gasteiger partial charge in [0.25, 0.3) is 24.2 Å². The number of aromatic nitrogens is 2. The minimum absolute atomic E-state index is 0.0800. The average molecular weight is 560 g/mol. The molecule has 2 aromatic rings. The number of hydrogen-bond acceptors (Lipinski definition) is 7. The van der Waals surface area contributed by atoms with E-state index >= 15 is 0 Å². The fraction of sp³-hybridized carbons (Fsp3) is 0.600. The van der Waals surface area contributed by atoms with Crippen LogP contribution in [0, 0.1) is 0 Å². The Morgan fingerprint density at radius 3 is 2.37 bits per heavy atom. The first kappa shape index (κ1) is 29.8. The Hall–Kier alpha value is -2.80. The van der Waals surface area contributed by atoms with E-state index in [1.165, 1.54) is 20.8 Å². The molecule has 2 atom stereocenters. The summed E-state index contributed by atoms with van der Waals surface area (Å²) >= 11 is 0.679. The van der Waals surface area contributed by atoms with Crippen molar-refractivity contribution in [2.45, 2.75) is 90.5 Å². The van der Waals surface area contributed by atoms with Gasteiger partial charge in [0.15, 0.2) is 5.01 Å². The van der Waals surface area contributed by atoms with Crippen LogP contribution in [0.4, 0.5) is 23.4 Å². The quantitative estimate of drug-likeness (QED) is 0.407. The first-order chi connectivity index (χ1) is 17.3. The fourth-order valence-corrected chi connectivity index (χ4v) is 4.89. The third-order valence-electron chi connectivity index (χ3n) is 6.14. The summed E-state index contributed by atoms with van der Waals surface area (Å²) in [6.07, 6.45) is -2.37. The molecule has 1 aliphatic rings. The molecule has 0 aliphatic carbocycles. The van der Waals surface area contributed by atoms with Crippen molar-refractivity contribution in [3.63, 3.8) is 0 Å². The van der Waals surface area contributed by atoms with Gasteiger partial charge in [0.1, 0.15) is 11.5 Å². The van der Waals surface area contributed by atoms with Gasteiger partial charge in [-0.2, -0.15) is 0 Å². The first-order valence-electron chi connectivity index (χ1n) is 12.1. The maximum atomic E-state index is 14.2. The highest BCUT2D eigenvalue weighted by Gasteiger charge is 2.46. The van der Waals surface area contributed by atoms with Crippen LogP contribution in [0.25, 0.3) is 10.4 Å². The van der Waals surface area contributed by atoms with E-state index in [0.29, 0.717) is 11.3 Å². The highest BCUT2D eigenvalue weighted by Crippen LogP contribution is 2.40. The molecule has 3 rings (SSSR count). The van der Waals surface area contributed by atoms with E-state index in [4.69, 9.17) is 0 Å². The Labute approximate surface area is 222 Å². The second-order valence-electron chi connectivity index (χ2n) is 11.2. The lowest BCUT2D eigenvalue weighted by atomic mass is 10.0. The van der Waals surface area contributed by atoms with E-state index in [9.17, 15) is 32.3 Å². The minimum Gasteiger partial charge on any atom is -0.388 e. The summed E-state index contributed by atoms with van der Waals surface area (Å²) in [5.74, 6) is -4.57. The molecule has 0 radical (unpaired) electrons. The normalized spacial score (nSPS) is 18.6. The predicted octanol–water partition coefficient (Wildman–Crippen LogP) is 5.11. The van der Waals surface area contributed by atoms with Gasteiger partial charge in [0.2, 0.25) is 0 Å². The molecule has 2 amide bonds. The number of halogens is 4. The van der Waals surface area contributed by atoms with Gasteiger partial charge in [-0.15, -0.1) is 11.3 Å². The van der Waals surface area contributed by atoms with Crippen molar-refractivity contribution < 1.29 is 32.3 Å². The molecule has 0 spiro atoms. The van der Waals surface area contributed by atoms with Crippen molar-refractivity contribution in [1.82, 2.24) is 20.2 Å². The topological polar surface area (TPSA) is 107 Å². The van der Waals surface area contributed by atoms with Crippen LogP contribution < -0.4 is 10.6 Å². The third-order valence-corrected chi connectivity index (χ3v) is 7.23. The van der Waals surface area contributed by atoms with Crippen molar-refractivity contribution >= 4 is 29.0 Å². The van der Waals surface area contributed by atoms with Crippen LogP contribution in [0.3, 0.4) is 0 Å². The van der Waals surface area contributed by atoms with Crippen LogP contribution in [-0.2, 0) is 0 Å². The molecular weight excluding hydrogens is 526 g/mol. The molecule has 0 aromatic carbocycles. The summed E-state index contributed by atoms with van der Waals surface area (Å²) in [7, 11) is 0. The van der Waals surface area contributed by atoms with Gasteiger partial charge in [-0.1, -0.05) is 0 Å². The van der Waals surface area contributed by atoms with Crippen LogP contribution in [0.15, 0.2) is 12.3 Å². The van der Waals surface area contributed by atoms with Crippen LogP contribution in [0.2, 0.25) is 0 Å². The van der Waals surface area contributed by atoms with E-state index in [0.717, 1.165) is 17.2 Å². The highest BCUT2D eigenvalue weighted by molar-refractivity contribution is 7.17. The van der Waals surface area contributed by atoms with Gasteiger partial charge in [-0.05, 0) is 54.5 Å². The summed E-state index contributed by atoms with van der Waals surface area (Å²) in [5.41, 5.74) is -2.73. The molecule has 0 unspecified atom stereocenters. The van der Waals surface area contributed by atoms with Crippen molar-refractivity contribution in [2.75, 3.05) is 11.9 Å². The average Bonchev–Trinajstić information content (AvgIpc) is 3.31. The molecule has 3 N–H and O–H groups in total. The number of thiazole rings is 1. The van der Waals surface area contributed by atoms with Gasteiger partial charge < -0.3 is 20.6 Å². The van der Waals surface area contributed by atoms with E-state index < -0.39 is 65.9 Å². The molecule has 13 heteroatoms. The second kappa shape index (κ2) is 10.4. The number of nitrogens with zero attached hydrogens (tertiary/aromatic N) is 3. The number of carbonyl (C=O) groups is 2. The number of nitrogens with one attached hydrogen (secondary N) is 2. The Balaban J connectivity index is 2.13. The van der Waals surface area contributed by atoms with E-state index in [1.807, 2.05) is 20.8 Å². The SMILES string of the molecule is C[C@H]1CC(F)(F)CN1C(=O)c1nc(C(=O)N[C@H](C)C(C)(C)O)sc1-c1cnc(NC(C)(C)C)cc1C(F)F. The molecule has 38 heavy (non-hydrogen) atoms. The number of rotatable bonds is 7. The maximum Gasteiger partial charge on any atom is 0.280 e. The summed E-state index contributed by atoms with van der Waals surface area (Å²) < 4.78 is 56.6. The van der Waals surface area contributed by atoms with Gasteiger partial charge in [0.05, 0.1) is 23.1 Å². The number of pyridine rings is 1. The molecule has 0 bridgehead atoms. The van der Waals surface area contributed by atoms with Gasteiger partial charge >= 0.3 is 0 Å². The zero-order valence-electron chi connectivity index (χ0n) is 22.3. The smallest absolute Gasteiger partial charge is 0.280 e. The number of hydrogen-bond donors (Lipinski definition) is 3. The van der Waals surface area contributed by atoms with Crippen molar-refractivity contribution in [3.05, 3.63) is 28.5 Å². The summed E-state index contributed by atoms with van der Waals surface area (Å²) in [6, 6.07) is -0.396. The number of anilines is 1. The molecule has 2 aromatic heterocycles. The van der Waals surface area contributed by atoms with Crippen LogP contribution in [0.5, 0.6) is 0 Å². The minimum atomic E-state index is -3.11. The summed E-state index contributed by atoms with van der Waals surface area (Å²) in [5, 5.41) is 15.5. The largest absolute Gasteiger partial charge is 0.388 e. The monoisotopic (exact) mass is 559 g/mol. The van der Waals surface area contributed by atoms with Crippen molar-refractivity contribution in [2.24, 2.45) is 0 Å². The zero-order chi connectivity index (χ0) is 28.8. The lowest BCUT2D eigenvalue weighted by Crippen LogP contribution is -2.47. The number of likely N-dealkylation sites (tertiary alicyclic amines) is 1. The standard InChI is InChI=1S/C25H33F4N5O3S/c1-12-9-25(28,29)11-34(12)22(36)17-18(38-21(32-17)20(35)31-13(2)24(6,7)37)15-10-30-16(33-23(3,4)5)8-14(15)19(26)27/h8,10,12-13,19,37H,9,11H2,1-7H3,(H,30,33)(H,31,35)/t12-,13+/m0/s1. The molecule has 210 valence electrons. The van der Waals surface area contributed by atoms with Crippen LogP contribution in [-0.4, -0.2) is 67.5 Å². The molecular formula is C25H33F4N5O3S. The molecule has 1 fully saturated rings. The molecule has 0 saturated carbocycles. The lowest BCUT2D eigenvalue weighted by Gasteiger charge is -2.26. The first-order valence-corrected chi connectivity index (χ1v) is 12.9. The van der Waals surface area contributed by atoms with E-state index in [1.54, 1.807) is 6.92 Å². The molecule has 1 aliphatic heterocycles. The van der Waals surface area contributed by atoms with Gasteiger partial charge in [0, 0.05) is 35.3 Å². The van der Waals surface area contributed by atoms with E-state index in [-0.39, 0.29) is 27.0 Å². The van der Waals surface area contributed by atoms with Crippen molar-refractivity contribution in [3.8, 4) is 10.4 Å². The zero-order valence-corrected chi connectivity index (χ0v) is 23.1. The number of carbonyl (C=O) groups excluding carboxylic acids is 2. The Bertz CT molecular complexity index is 1210. The maximum absolute atomic E-state index is 14.2. The predicted molar refractivity (Wildman–Crippen MR) is 137 cm³/mol. The summed E-state index contributed by atoms with van der Waals surface area (Å²) in [4.78, 5) is 35.6. The molecule has 8 nitrogen and oxygen atoms in total. The lowest BCUT2D eigenvalue weighted by molar-refractivity contribution is 0.0118. The van der Waals surface area contributed by atoms with Crippen LogP contribution >= 0.6 is 11.3 Å². The third kappa shape index (κ3) is 6.79. The molecule has 1 saturated heterocycles. The number of amides is 2. The Morgan fingerprint density at radius 2 is 1.87 bits per heavy atom. The van der Waals surface area contributed by atoms with Crippen LogP contribution in [0.1, 0.15) is 87.2 Å². The number of alkyl halides is 4. The number of aliphatic hydroxyl groups is 1. The van der Waals surface area contributed by atoms with Crippen molar-refractivity contribution in [1.29, 1.82) is 0 Å². The summed E-state index contributed by atoms with van der Waals surface area (Å²) in [6.45, 7) is 10.6. The molecule has 3 heterocycles. The Kier molecular flexibility index (Phi) is 8.14. The highest BCUT2D eigenvalue weighted by atomic mass is 32.1. The van der Waals surface area contributed by atoms with Gasteiger partial charge in [-0.3, -0.25) is 9.59 Å². The van der Waals surface area contributed by atoms with E-state index in [2.05, 4.69) is 20.6 Å². The second-order valence-corrected chi connectivity index (χ2v) is 12.2. The Morgan fingerprint density at radius 1 is 1.24 bits per heavy atom.